The van der Waals surface area contributed by atoms with Crippen LogP contribution in [0.5, 0.6) is 5.75 Å². The van der Waals surface area contributed by atoms with Crippen LogP contribution in [0.4, 0.5) is 4.79 Å². The van der Waals surface area contributed by atoms with Crippen molar-refractivity contribution < 1.29 is 14.3 Å². The van der Waals surface area contributed by atoms with Gasteiger partial charge in [-0.15, -0.1) is 11.3 Å². The molecule has 4 bridgehead atoms. The molecule has 0 unspecified atom stereocenters. The molecule has 8 rings (SSSR count). The van der Waals surface area contributed by atoms with E-state index in [9.17, 15) is 9.59 Å². The predicted octanol–water partition coefficient (Wildman–Crippen LogP) is 5.14. The summed E-state index contributed by atoms with van der Waals surface area (Å²) in [5.74, 6) is 3.09. The van der Waals surface area contributed by atoms with Gasteiger partial charge < -0.3 is 19.9 Å². The van der Waals surface area contributed by atoms with Crippen molar-refractivity contribution in [2.24, 2.45) is 17.8 Å². The maximum absolute atomic E-state index is 13.6. The van der Waals surface area contributed by atoms with Gasteiger partial charge in [0.25, 0.3) is 5.91 Å². The van der Waals surface area contributed by atoms with Crippen LogP contribution in [-0.4, -0.2) is 74.8 Å². The molecule has 1 saturated heterocycles. The molecule has 1 atom stereocenters. The number of ether oxygens (including phenoxy) is 1. The van der Waals surface area contributed by atoms with Gasteiger partial charge in [0.1, 0.15) is 5.75 Å². The Labute approximate surface area is 244 Å². The van der Waals surface area contributed by atoms with Crippen LogP contribution in [0.2, 0.25) is 0 Å². The quantitative estimate of drug-likeness (QED) is 0.456. The number of nitrogens with zero attached hydrogens (tertiary/aromatic N) is 5. The molecule has 4 aliphatic carbocycles. The monoisotopic (exact) mass is 574 g/mol. The van der Waals surface area contributed by atoms with Crippen molar-refractivity contribution in [3.05, 3.63) is 47.1 Å². The number of hydrogen-bond acceptors (Lipinski definition) is 6. The van der Waals surface area contributed by atoms with E-state index in [1.54, 1.807) is 18.0 Å². The molecule has 9 nitrogen and oxygen atoms in total. The third kappa shape index (κ3) is 4.79. The molecule has 3 heterocycles. The van der Waals surface area contributed by atoms with E-state index < -0.39 is 0 Å². The highest BCUT2D eigenvalue weighted by atomic mass is 32.1. The number of hydrogen-bond donors (Lipinski definition) is 1. The van der Waals surface area contributed by atoms with E-state index in [1.165, 1.54) is 30.6 Å². The van der Waals surface area contributed by atoms with Gasteiger partial charge in [0, 0.05) is 42.2 Å². The molecule has 1 aromatic carbocycles. The fourth-order valence-corrected chi connectivity index (χ4v) is 9.11. The number of thiazole rings is 1. The van der Waals surface area contributed by atoms with Crippen molar-refractivity contribution in [2.75, 3.05) is 26.7 Å². The SMILES string of the molecule is COc1cccc(-c2csc(-n3ncc(C(=O)N4CCN(C(=O)NC56CC7CC(CC(C7)C5)C6)[C@H](C)C4)c3C)n2)c1. The summed E-state index contributed by atoms with van der Waals surface area (Å²) in [6.07, 6.45) is 9.13. The number of urea groups is 1. The van der Waals surface area contributed by atoms with Gasteiger partial charge in [0.2, 0.25) is 5.13 Å². The molecule has 216 valence electrons. The number of benzene rings is 1. The average molecular weight is 575 g/mol. The van der Waals surface area contributed by atoms with Crippen LogP contribution in [0, 0.1) is 24.7 Å². The Balaban J connectivity index is 1.01. The van der Waals surface area contributed by atoms with E-state index >= 15 is 0 Å². The van der Waals surface area contributed by atoms with Crippen LogP contribution in [0.25, 0.3) is 16.4 Å². The van der Waals surface area contributed by atoms with Gasteiger partial charge in [-0.1, -0.05) is 12.1 Å². The van der Waals surface area contributed by atoms with E-state index in [2.05, 4.69) is 10.4 Å². The highest BCUT2D eigenvalue weighted by molar-refractivity contribution is 7.12. The number of piperazine rings is 1. The van der Waals surface area contributed by atoms with Gasteiger partial charge in [0.05, 0.1) is 30.3 Å². The Bertz CT molecular complexity index is 1440. The van der Waals surface area contributed by atoms with Gasteiger partial charge >= 0.3 is 6.03 Å². The van der Waals surface area contributed by atoms with E-state index in [0.717, 1.165) is 59.7 Å². The summed E-state index contributed by atoms with van der Waals surface area (Å²) in [6.45, 7) is 5.51. The lowest BCUT2D eigenvalue weighted by Gasteiger charge is -2.57. The van der Waals surface area contributed by atoms with Crippen molar-refractivity contribution in [2.45, 2.75) is 64.0 Å². The van der Waals surface area contributed by atoms with Gasteiger partial charge in [0.15, 0.2) is 0 Å². The summed E-state index contributed by atoms with van der Waals surface area (Å²) >= 11 is 1.48. The minimum absolute atomic E-state index is 0.00747. The molecule has 41 heavy (non-hydrogen) atoms. The highest BCUT2D eigenvalue weighted by Gasteiger charge is 2.52. The smallest absolute Gasteiger partial charge is 0.318 e. The summed E-state index contributed by atoms with van der Waals surface area (Å²) in [5.41, 5.74) is 3.13. The second-order valence-electron chi connectivity index (χ2n) is 12.7. The van der Waals surface area contributed by atoms with Gasteiger partial charge in [-0.3, -0.25) is 4.79 Å². The number of methoxy groups -OCH3 is 1. The Hall–Kier alpha value is -3.40. The zero-order valence-electron chi connectivity index (χ0n) is 24.0. The zero-order valence-corrected chi connectivity index (χ0v) is 24.8. The Morgan fingerprint density at radius 3 is 2.51 bits per heavy atom. The molecule has 3 amide bonds. The molecule has 1 aliphatic heterocycles. The van der Waals surface area contributed by atoms with Crippen LogP contribution in [-0.2, 0) is 0 Å². The normalized spacial score (nSPS) is 28.7. The standard InChI is InChI=1S/C31H38N6O3S/c1-19-17-35(7-8-36(19)29(39)34-31-13-21-9-22(14-31)11-23(10-21)15-31)28(38)26-16-32-37(20(26)2)30-33-27(18-41-30)24-5-4-6-25(12-24)40-3/h4-6,12,16,18-19,21-23H,7-11,13-15,17H2,1-3H3,(H,34,39)/t19-,21?,22?,23?,31?/m1/s1. The molecule has 5 aliphatic rings. The Kier molecular flexibility index (Phi) is 6.56. The maximum atomic E-state index is 13.6. The van der Waals surface area contributed by atoms with Crippen molar-refractivity contribution in [3.63, 3.8) is 0 Å². The molecule has 2 aromatic heterocycles. The molecule has 1 N–H and O–H groups in total. The van der Waals surface area contributed by atoms with Crippen LogP contribution in [0.1, 0.15) is 61.5 Å². The molecule has 3 aromatic rings. The zero-order chi connectivity index (χ0) is 28.3. The number of nitrogens with one attached hydrogen (secondary N) is 1. The first-order valence-corrected chi connectivity index (χ1v) is 15.7. The first-order chi connectivity index (χ1) is 19.8. The number of aromatic nitrogens is 3. The number of carbonyl (C=O) groups is 2. The minimum Gasteiger partial charge on any atom is -0.497 e. The molecule has 4 saturated carbocycles. The number of rotatable bonds is 5. The molecule has 5 fully saturated rings. The fraction of sp³-hybridized carbons (Fsp3) is 0.548. The van der Waals surface area contributed by atoms with Crippen molar-refractivity contribution in [1.82, 2.24) is 29.9 Å². The van der Waals surface area contributed by atoms with E-state index in [0.29, 0.717) is 30.3 Å². The summed E-state index contributed by atoms with van der Waals surface area (Å²) in [5, 5.41) is 10.7. The third-order valence-electron chi connectivity index (χ3n) is 9.86. The fourth-order valence-electron chi connectivity index (χ4n) is 8.27. The number of amides is 3. The van der Waals surface area contributed by atoms with E-state index in [1.807, 2.05) is 53.3 Å². The Morgan fingerprint density at radius 2 is 1.83 bits per heavy atom. The molecule has 0 spiro atoms. The highest BCUT2D eigenvalue weighted by Crippen LogP contribution is 2.55. The summed E-state index contributed by atoms with van der Waals surface area (Å²) in [7, 11) is 1.65. The largest absolute Gasteiger partial charge is 0.497 e. The van der Waals surface area contributed by atoms with Crippen LogP contribution >= 0.6 is 11.3 Å². The topological polar surface area (TPSA) is 92.6 Å². The lowest BCUT2D eigenvalue weighted by molar-refractivity contribution is -0.0176. The van der Waals surface area contributed by atoms with Gasteiger partial charge in [-0.05, 0) is 82.3 Å². The second kappa shape index (κ2) is 10.2. The lowest BCUT2D eigenvalue weighted by Crippen LogP contribution is -2.65. The Morgan fingerprint density at radius 1 is 1.10 bits per heavy atom. The molecule has 10 heteroatoms. The molecular weight excluding hydrogens is 536 g/mol. The van der Waals surface area contributed by atoms with Crippen molar-refractivity contribution >= 4 is 23.3 Å². The molecular formula is C31H38N6O3S. The summed E-state index contributed by atoms with van der Waals surface area (Å²) in [4.78, 5) is 35.7. The number of carbonyl (C=O) groups excluding carboxylic acids is 2. The summed E-state index contributed by atoms with van der Waals surface area (Å²) < 4.78 is 7.08. The average Bonchev–Trinajstić information content (AvgIpc) is 3.58. The summed E-state index contributed by atoms with van der Waals surface area (Å²) in [6, 6.07) is 7.79. The van der Waals surface area contributed by atoms with E-state index in [-0.39, 0.29) is 23.5 Å². The van der Waals surface area contributed by atoms with Crippen LogP contribution in [0.15, 0.2) is 35.8 Å². The third-order valence-corrected chi connectivity index (χ3v) is 10.7. The van der Waals surface area contributed by atoms with Gasteiger partial charge in [-0.2, -0.15) is 5.10 Å². The maximum Gasteiger partial charge on any atom is 0.318 e. The molecule has 0 radical (unpaired) electrons. The first kappa shape index (κ1) is 26.5. The van der Waals surface area contributed by atoms with E-state index in [4.69, 9.17) is 9.72 Å². The van der Waals surface area contributed by atoms with Crippen molar-refractivity contribution in [1.29, 1.82) is 0 Å². The second-order valence-corrected chi connectivity index (χ2v) is 13.6. The van der Waals surface area contributed by atoms with Crippen molar-refractivity contribution in [3.8, 4) is 22.1 Å². The van der Waals surface area contributed by atoms with Gasteiger partial charge in [-0.25, -0.2) is 14.5 Å². The first-order valence-electron chi connectivity index (χ1n) is 14.8. The lowest BCUT2D eigenvalue weighted by atomic mass is 9.53. The van der Waals surface area contributed by atoms with Crippen LogP contribution < -0.4 is 10.1 Å². The predicted molar refractivity (Wildman–Crippen MR) is 157 cm³/mol. The van der Waals surface area contributed by atoms with Crippen LogP contribution in [0.3, 0.4) is 0 Å². The minimum atomic E-state index is -0.0543.